The van der Waals surface area contributed by atoms with Gasteiger partial charge >= 0.3 is 6.01 Å². The maximum Gasteiger partial charge on any atom is 0.324 e. The van der Waals surface area contributed by atoms with Gasteiger partial charge in [-0.05, 0) is 63.2 Å². The first kappa shape index (κ1) is 17.0. The Morgan fingerprint density at radius 2 is 2.12 bits per heavy atom. The van der Waals surface area contributed by atoms with Crippen LogP contribution in [-0.2, 0) is 0 Å². The van der Waals surface area contributed by atoms with Gasteiger partial charge in [-0.15, -0.1) is 0 Å². The average Bonchev–Trinajstić information content (AvgIpc) is 2.95. The van der Waals surface area contributed by atoms with E-state index < -0.39 is 0 Å². The Bertz CT molecular complexity index is 989. The molecule has 0 bridgehead atoms. The van der Waals surface area contributed by atoms with Crippen LogP contribution < -0.4 is 0 Å². The standard InChI is InChI=1S/C19H19ClN4O2/c1-11-8-12(20)9-15(25)17(11)14-5-6-16-18(22-14)23-19(26-16)21-13-4-3-7-24(2)10-13/h5-6,8-9,25H,3-4,7,10H2,1-2H3/b21-13+. The van der Waals surface area contributed by atoms with E-state index in [9.17, 15) is 5.11 Å². The molecule has 1 aliphatic rings. The Morgan fingerprint density at radius 1 is 1.27 bits per heavy atom. The number of aliphatic imine (C=N–C) groups is 1. The fourth-order valence-electron chi connectivity index (χ4n) is 3.30. The van der Waals surface area contributed by atoms with E-state index in [1.807, 2.05) is 6.92 Å². The zero-order valence-corrected chi connectivity index (χ0v) is 15.4. The molecule has 1 N–H and O–H groups in total. The number of likely N-dealkylation sites (tertiary alicyclic amines) is 1. The van der Waals surface area contributed by atoms with E-state index in [0.29, 0.717) is 33.5 Å². The van der Waals surface area contributed by atoms with Crippen molar-refractivity contribution in [1.82, 2.24) is 14.9 Å². The number of aromatic nitrogens is 2. The van der Waals surface area contributed by atoms with Crippen molar-refractivity contribution in [2.24, 2.45) is 4.99 Å². The molecule has 0 unspecified atom stereocenters. The Labute approximate surface area is 156 Å². The van der Waals surface area contributed by atoms with Crippen molar-refractivity contribution in [1.29, 1.82) is 0 Å². The summed E-state index contributed by atoms with van der Waals surface area (Å²) in [5.41, 5.74) is 4.21. The van der Waals surface area contributed by atoms with Crippen LogP contribution in [0.2, 0.25) is 5.02 Å². The first-order valence-corrected chi connectivity index (χ1v) is 8.89. The second-order valence-electron chi connectivity index (χ2n) is 6.65. The van der Waals surface area contributed by atoms with Crippen LogP contribution in [0, 0.1) is 6.92 Å². The van der Waals surface area contributed by atoms with Gasteiger partial charge in [0.05, 0.1) is 5.69 Å². The number of fused-ring (bicyclic) bond motifs is 1. The van der Waals surface area contributed by atoms with Crippen molar-refractivity contribution < 1.29 is 9.52 Å². The minimum absolute atomic E-state index is 0.0936. The molecule has 1 fully saturated rings. The quantitative estimate of drug-likeness (QED) is 0.725. The van der Waals surface area contributed by atoms with Gasteiger partial charge in [0.1, 0.15) is 5.75 Å². The van der Waals surface area contributed by atoms with Crippen LogP contribution in [0.3, 0.4) is 0 Å². The summed E-state index contributed by atoms with van der Waals surface area (Å²) in [5.74, 6) is 0.0936. The summed E-state index contributed by atoms with van der Waals surface area (Å²) in [5, 5.41) is 10.7. The van der Waals surface area contributed by atoms with E-state index in [4.69, 9.17) is 16.0 Å². The highest BCUT2D eigenvalue weighted by Gasteiger charge is 2.16. The molecule has 1 saturated heterocycles. The monoisotopic (exact) mass is 370 g/mol. The molecule has 0 spiro atoms. The third-order valence-electron chi connectivity index (χ3n) is 4.49. The van der Waals surface area contributed by atoms with Crippen molar-refractivity contribution in [3.63, 3.8) is 0 Å². The van der Waals surface area contributed by atoms with Crippen LogP contribution in [0.4, 0.5) is 6.01 Å². The summed E-state index contributed by atoms with van der Waals surface area (Å²) in [6.45, 7) is 3.79. The summed E-state index contributed by atoms with van der Waals surface area (Å²) >= 11 is 5.99. The van der Waals surface area contributed by atoms with Gasteiger partial charge in [-0.25, -0.2) is 9.98 Å². The highest BCUT2D eigenvalue weighted by atomic mass is 35.5. The fraction of sp³-hybridized carbons (Fsp3) is 0.316. The number of oxazole rings is 1. The Kier molecular flexibility index (Phi) is 4.38. The number of rotatable bonds is 2. The molecule has 3 aromatic rings. The van der Waals surface area contributed by atoms with Crippen LogP contribution in [0.15, 0.2) is 33.7 Å². The van der Waals surface area contributed by atoms with E-state index >= 15 is 0 Å². The van der Waals surface area contributed by atoms with Crippen molar-refractivity contribution in [2.75, 3.05) is 20.1 Å². The van der Waals surface area contributed by atoms with Crippen LogP contribution in [0.25, 0.3) is 22.5 Å². The number of halogens is 1. The number of hydrogen-bond acceptors (Lipinski definition) is 6. The van der Waals surface area contributed by atoms with Crippen molar-refractivity contribution in [2.45, 2.75) is 19.8 Å². The van der Waals surface area contributed by atoms with Crippen molar-refractivity contribution >= 4 is 34.6 Å². The molecule has 0 atom stereocenters. The summed E-state index contributed by atoms with van der Waals surface area (Å²) in [7, 11) is 2.08. The predicted molar refractivity (Wildman–Crippen MR) is 102 cm³/mol. The highest BCUT2D eigenvalue weighted by Crippen LogP contribution is 2.35. The number of hydrogen-bond donors (Lipinski definition) is 1. The van der Waals surface area contributed by atoms with Gasteiger partial charge in [-0.2, -0.15) is 4.98 Å². The molecule has 0 aliphatic carbocycles. The molecule has 1 aliphatic heterocycles. The molecule has 0 amide bonds. The van der Waals surface area contributed by atoms with Crippen LogP contribution in [-0.4, -0.2) is 45.8 Å². The molecule has 1 aromatic carbocycles. The lowest BCUT2D eigenvalue weighted by Gasteiger charge is -2.22. The van der Waals surface area contributed by atoms with Gasteiger partial charge in [0.2, 0.25) is 5.65 Å². The van der Waals surface area contributed by atoms with E-state index in [1.165, 1.54) is 6.07 Å². The molecule has 7 heteroatoms. The number of piperidine rings is 1. The third-order valence-corrected chi connectivity index (χ3v) is 4.71. The maximum atomic E-state index is 10.2. The van der Waals surface area contributed by atoms with Crippen molar-refractivity contribution in [3.8, 4) is 17.0 Å². The van der Waals surface area contributed by atoms with Gasteiger partial charge in [-0.3, -0.25) is 0 Å². The van der Waals surface area contributed by atoms with Crippen LogP contribution in [0.5, 0.6) is 5.75 Å². The number of nitrogens with zero attached hydrogens (tertiary/aromatic N) is 4. The summed E-state index contributed by atoms with van der Waals surface area (Å²) < 4.78 is 5.71. The Hall–Kier alpha value is -2.44. The molecule has 0 saturated carbocycles. The number of pyridine rings is 1. The van der Waals surface area contributed by atoms with Gasteiger partial charge in [0.15, 0.2) is 5.58 Å². The zero-order chi connectivity index (χ0) is 18.3. The van der Waals surface area contributed by atoms with Crippen LogP contribution >= 0.6 is 11.6 Å². The van der Waals surface area contributed by atoms with E-state index in [0.717, 1.165) is 37.2 Å². The molecular formula is C19H19ClN4O2. The van der Waals surface area contributed by atoms with Crippen molar-refractivity contribution in [3.05, 3.63) is 34.9 Å². The SMILES string of the molecule is Cc1cc(Cl)cc(O)c1-c1ccc2oc(/N=C3\CCCN(C)C3)nc2n1. The lowest BCUT2D eigenvalue weighted by atomic mass is 10.0. The summed E-state index contributed by atoms with van der Waals surface area (Å²) in [4.78, 5) is 15.7. The van der Waals surface area contributed by atoms with E-state index in [2.05, 4.69) is 26.9 Å². The molecule has 4 rings (SSSR count). The number of phenols is 1. The van der Waals surface area contributed by atoms with Gasteiger partial charge in [-0.1, -0.05) is 11.6 Å². The van der Waals surface area contributed by atoms with Gasteiger partial charge < -0.3 is 14.4 Å². The second-order valence-corrected chi connectivity index (χ2v) is 7.09. The number of benzene rings is 1. The smallest absolute Gasteiger partial charge is 0.324 e. The second kappa shape index (κ2) is 6.70. The average molecular weight is 371 g/mol. The topological polar surface area (TPSA) is 74.8 Å². The minimum atomic E-state index is 0.0936. The molecule has 3 heterocycles. The highest BCUT2D eigenvalue weighted by molar-refractivity contribution is 6.31. The molecule has 0 radical (unpaired) electrons. The predicted octanol–water partition coefficient (Wildman–Crippen LogP) is 4.36. The Morgan fingerprint density at radius 3 is 2.88 bits per heavy atom. The van der Waals surface area contributed by atoms with E-state index in [1.54, 1.807) is 18.2 Å². The summed E-state index contributed by atoms with van der Waals surface area (Å²) in [6, 6.07) is 7.23. The number of phenolic OH excluding ortho intramolecular Hbond substituents is 1. The lowest BCUT2D eigenvalue weighted by molar-refractivity contribution is 0.354. The molecule has 26 heavy (non-hydrogen) atoms. The summed E-state index contributed by atoms with van der Waals surface area (Å²) in [6.07, 6.45) is 2.05. The third kappa shape index (κ3) is 3.30. The number of aryl methyl sites for hydroxylation is 1. The van der Waals surface area contributed by atoms with Crippen LogP contribution in [0.1, 0.15) is 18.4 Å². The van der Waals surface area contributed by atoms with E-state index in [-0.39, 0.29) is 5.75 Å². The molecular weight excluding hydrogens is 352 g/mol. The molecule has 6 nitrogen and oxygen atoms in total. The Balaban J connectivity index is 1.72. The maximum absolute atomic E-state index is 10.2. The molecule has 134 valence electrons. The molecule has 2 aromatic heterocycles. The zero-order valence-electron chi connectivity index (χ0n) is 14.7. The van der Waals surface area contributed by atoms with Gasteiger partial charge in [0, 0.05) is 22.8 Å². The van der Waals surface area contributed by atoms with Gasteiger partial charge in [0.25, 0.3) is 0 Å². The first-order chi connectivity index (χ1) is 12.5. The minimum Gasteiger partial charge on any atom is -0.507 e. The first-order valence-electron chi connectivity index (χ1n) is 8.51. The number of aromatic hydroxyl groups is 1. The lowest BCUT2D eigenvalue weighted by Crippen LogP contribution is -2.32. The fourth-order valence-corrected chi connectivity index (χ4v) is 3.57. The largest absolute Gasteiger partial charge is 0.507 e. The normalized spacial score (nSPS) is 17.3.